The van der Waals surface area contributed by atoms with Crippen LogP contribution in [0.1, 0.15) is 29.7 Å². The SMILES string of the molecule is CCNC(c1cc(Cl)cc(Br)c1)c1ccc(C)c(F)c1F. The molecule has 0 spiro atoms. The lowest BCUT2D eigenvalue weighted by Gasteiger charge is -2.21. The summed E-state index contributed by atoms with van der Waals surface area (Å²) < 4.78 is 28.9. The predicted molar refractivity (Wildman–Crippen MR) is 85.8 cm³/mol. The highest BCUT2D eigenvalue weighted by Gasteiger charge is 2.21. The first-order chi connectivity index (χ1) is 9.93. The van der Waals surface area contributed by atoms with Gasteiger partial charge < -0.3 is 5.32 Å². The largest absolute Gasteiger partial charge is 0.306 e. The molecule has 0 saturated heterocycles. The zero-order valence-electron chi connectivity index (χ0n) is 11.7. The molecule has 1 nitrogen and oxygen atoms in total. The molecule has 0 aliphatic rings. The molecule has 5 heteroatoms. The van der Waals surface area contributed by atoms with E-state index in [4.69, 9.17) is 11.6 Å². The Labute approximate surface area is 136 Å². The van der Waals surface area contributed by atoms with Crippen LogP contribution in [0.5, 0.6) is 0 Å². The minimum absolute atomic E-state index is 0.272. The first-order valence-corrected chi connectivity index (χ1v) is 7.75. The average Bonchev–Trinajstić information content (AvgIpc) is 2.42. The number of hydrogen-bond acceptors (Lipinski definition) is 1. The highest BCUT2D eigenvalue weighted by molar-refractivity contribution is 9.10. The molecule has 112 valence electrons. The van der Waals surface area contributed by atoms with Gasteiger partial charge in [-0.05, 0) is 42.8 Å². The van der Waals surface area contributed by atoms with Gasteiger partial charge in [0.1, 0.15) is 0 Å². The van der Waals surface area contributed by atoms with E-state index in [2.05, 4.69) is 21.2 Å². The first kappa shape index (κ1) is 16.4. The highest BCUT2D eigenvalue weighted by atomic mass is 79.9. The maximum Gasteiger partial charge on any atom is 0.164 e. The smallest absolute Gasteiger partial charge is 0.164 e. The molecule has 0 radical (unpaired) electrons. The summed E-state index contributed by atoms with van der Waals surface area (Å²) in [5.41, 5.74) is 1.34. The van der Waals surface area contributed by atoms with E-state index in [1.165, 1.54) is 0 Å². The van der Waals surface area contributed by atoms with Crippen molar-refractivity contribution < 1.29 is 8.78 Å². The topological polar surface area (TPSA) is 12.0 Å². The Morgan fingerprint density at radius 3 is 2.52 bits per heavy atom. The second-order valence-corrected chi connectivity index (χ2v) is 6.15. The summed E-state index contributed by atoms with van der Waals surface area (Å²) in [5.74, 6) is -1.63. The van der Waals surface area contributed by atoms with Crippen molar-refractivity contribution in [2.75, 3.05) is 6.54 Å². The standard InChI is InChI=1S/C16H15BrClF2N/c1-3-21-16(10-6-11(17)8-12(18)7-10)13-5-4-9(2)14(19)15(13)20/h4-8,16,21H,3H2,1-2H3. The fourth-order valence-electron chi connectivity index (χ4n) is 2.24. The lowest BCUT2D eigenvalue weighted by Crippen LogP contribution is -2.23. The van der Waals surface area contributed by atoms with Gasteiger partial charge in [-0.2, -0.15) is 0 Å². The lowest BCUT2D eigenvalue weighted by molar-refractivity contribution is 0.478. The molecule has 1 atom stereocenters. The third-order valence-electron chi connectivity index (χ3n) is 3.24. The van der Waals surface area contributed by atoms with Gasteiger partial charge in [0.05, 0.1) is 6.04 Å². The van der Waals surface area contributed by atoms with Crippen molar-refractivity contribution in [3.05, 3.63) is 68.2 Å². The van der Waals surface area contributed by atoms with Crippen molar-refractivity contribution in [2.24, 2.45) is 0 Å². The third kappa shape index (κ3) is 3.62. The van der Waals surface area contributed by atoms with E-state index in [9.17, 15) is 8.78 Å². The summed E-state index contributed by atoms with van der Waals surface area (Å²) >= 11 is 9.42. The monoisotopic (exact) mass is 373 g/mol. The van der Waals surface area contributed by atoms with E-state index in [1.807, 2.05) is 13.0 Å². The van der Waals surface area contributed by atoms with Gasteiger partial charge in [0.2, 0.25) is 0 Å². The second-order valence-electron chi connectivity index (χ2n) is 4.79. The number of nitrogens with one attached hydrogen (secondary N) is 1. The predicted octanol–water partition coefficient (Wildman–Crippen LogP) is 5.39. The Balaban J connectivity index is 2.56. The van der Waals surface area contributed by atoms with Crippen LogP contribution in [0.25, 0.3) is 0 Å². The molecule has 0 fully saturated rings. The average molecular weight is 375 g/mol. The van der Waals surface area contributed by atoms with E-state index >= 15 is 0 Å². The minimum atomic E-state index is -0.822. The maximum atomic E-state index is 14.3. The normalized spacial score (nSPS) is 12.5. The lowest BCUT2D eigenvalue weighted by atomic mass is 9.97. The van der Waals surface area contributed by atoms with E-state index in [0.717, 1.165) is 10.0 Å². The molecule has 0 saturated carbocycles. The number of benzene rings is 2. The van der Waals surface area contributed by atoms with Gasteiger partial charge in [-0.3, -0.25) is 0 Å². The van der Waals surface area contributed by atoms with Gasteiger partial charge in [-0.25, -0.2) is 8.78 Å². The van der Waals surface area contributed by atoms with Crippen LogP contribution < -0.4 is 5.32 Å². The number of aryl methyl sites for hydroxylation is 1. The minimum Gasteiger partial charge on any atom is -0.306 e. The molecule has 0 amide bonds. The van der Waals surface area contributed by atoms with Gasteiger partial charge in [0, 0.05) is 15.1 Å². The van der Waals surface area contributed by atoms with E-state index in [1.54, 1.807) is 31.2 Å². The molecule has 21 heavy (non-hydrogen) atoms. The van der Waals surface area contributed by atoms with Gasteiger partial charge in [-0.15, -0.1) is 0 Å². The molecule has 1 unspecified atom stereocenters. The fraction of sp³-hybridized carbons (Fsp3) is 0.250. The molecular formula is C16H15BrClF2N. The molecule has 1 N–H and O–H groups in total. The van der Waals surface area contributed by atoms with Crippen LogP contribution in [-0.4, -0.2) is 6.54 Å². The summed E-state index contributed by atoms with van der Waals surface area (Å²) in [7, 11) is 0. The van der Waals surface area contributed by atoms with Crippen molar-refractivity contribution >= 4 is 27.5 Å². The van der Waals surface area contributed by atoms with Gasteiger partial charge >= 0.3 is 0 Å². The molecule has 2 aromatic rings. The molecule has 2 aromatic carbocycles. The Hall–Kier alpha value is -0.970. The molecule has 0 aromatic heterocycles. The second kappa shape index (κ2) is 6.86. The fourth-order valence-corrected chi connectivity index (χ4v) is 3.12. The molecule has 2 rings (SSSR count). The van der Waals surface area contributed by atoms with E-state index in [0.29, 0.717) is 17.1 Å². The van der Waals surface area contributed by atoms with Crippen LogP contribution in [-0.2, 0) is 0 Å². The van der Waals surface area contributed by atoms with Crippen LogP contribution in [0.3, 0.4) is 0 Å². The first-order valence-electron chi connectivity index (χ1n) is 6.58. The van der Waals surface area contributed by atoms with Crippen LogP contribution in [0.15, 0.2) is 34.8 Å². The van der Waals surface area contributed by atoms with Crippen LogP contribution >= 0.6 is 27.5 Å². The van der Waals surface area contributed by atoms with Crippen molar-refractivity contribution in [2.45, 2.75) is 19.9 Å². The van der Waals surface area contributed by atoms with Crippen LogP contribution in [0.2, 0.25) is 5.02 Å². The number of hydrogen-bond donors (Lipinski definition) is 1. The summed E-state index contributed by atoms with van der Waals surface area (Å²) in [6.45, 7) is 4.07. The number of rotatable bonds is 4. The van der Waals surface area contributed by atoms with Crippen molar-refractivity contribution in [1.82, 2.24) is 5.32 Å². The maximum absolute atomic E-state index is 14.3. The molecule has 0 bridgehead atoms. The summed E-state index contributed by atoms with van der Waals surface area (Å²) in [4.78, 5) is 0. The Morgan fingerprint density at radius 1 is 1.19 bits per heavy atom. The molecule has 0 aliphatic heterocycles. The van der Waals surface area contributed by atoms with Crippen LogP contribution in [0.4, 0.5) is 8.78 Å². The van der Waals surface area contributed by atoms with Gasteiger partial charge in [-0.1, -0.05) is 46.6 Å². The van der Waals surface area contributed by atoms with Crippen molar-refractivity contribution in [3.8, 4) is 0 Å². The molecule has 0 heterocycles. The third-order valence-corrected chi connectivity index (χ3v) is 3.92. The Bertz CT molecular complexity index is 641. The van der Waals surface area contributed by atoms with Crippen LogP contribution in [0, 0.1) is 18.6 Å². The van der Waals surface area contributed by atoms with Crippen molar-refractivity contribution in [3.63, 3.8) is 0 Å². The van der Waals surface area contributed by atoms with E-state index in [-0.39, 0.29) is 5.56 Å². The van der Waals surface area contributed by atoms with Gasteiger partial charge in [0.25, 0.3) is 0 Å². The van der Waals surface area contributed by atoms with Crippen molar-refractivity contribution in [1.29, 1.82) is 0 Å². The van der Waals surface area contributed by atoms with E-state index < -0.39 is 17.7 Å². The Kier molecular flexibility index (Phi) is 5.36. The highest BCUT2D eigenvalue weighted by Crippen LogP contribution is 2.30. The molecular weight excluding hydrogens is 360 g/mol. The molecule has 0 aliphatic carbocycles. The zero-order valence-corrected chi connectivity index (χ0v) is 14.0. The van der Waals surface area contributed by atoms with Gasteiger partial charge in [0.15, 0.2) is 11.6 Å². The summed E-state index contributed by atoms with van der Waals surface area (Å²) in [6, 6.07) is 8.07. The zero-order chi connectivity index (χ0) is 15.6. The number of halogens is 4. The Morgan fingerprint density at radius 2 is 1.90 bits per heavy atom. The summed E-state index contributed by atoms with van der Waals surface area (Å²) in [5, 5.41) is 3.71. The summed E-state index contributed by atoms with van der Waals surface area (Å²) in [6.07, 6.45) is 0. The quantitative estimate of drug-likeness (QED) is 0.757.